The van der Waals surface area contributed by atoms with E-state index in [9.17, 15) is 4.79 Å². The van der Waals surface area contributed by atoms with Gasteiger partial charge in [-0.15, -0.1) is 0 Å². The number of nitrogens with two attached hydrogens (primary N) is 1. The van der Waals surface area contributed by atoms with Crippen molar-refractivity contribution < 1.29 is 9.53 Å². The normalized spacial score (nSPS) is 27.4. The average molecular weight is 228 g/mol. The van der Waals surface area contributed by atoms with Crippen LogP contribution in [0, 0.1) is 5.92 Å². The molecule has 1 heterocycles. The molecule has 3 N–H and O–H groups in total. The van der Waals surface area contributed by atoms with Gasteiger partial charge in [-0.25, -0.2) is 0 Å². The molecule has 3 unspecified atom stereocenters. The maximum atomic E-state index is 11.6. The molecule has 1 rings (SSSR count). The van der Waals surface area contributed by atoms with Crippen molar-refractivity contribution in [3.8, 4) is 0 Å². The molecular formula is C12H24N2O2. The van der Waals surface area contributed by atoms with Crippen LogP contribution in [0.25, 0.3) is 0 Å². The standard InChI is InChI=1S/C12H24N2O2/c1-9(8-13)3-4-12(15)14-11-5-6-16-10(2)7-11/h9-11H,3-8,13H2,1-2H3,(H,14,15). The SMILES string of the molecule is CC(CN)CCC(=O)NC1CCOC(C)C1. The lowest BCUT2D eigenvalue weighted by molar-refractivity contribution is -0.123. The van der Waals surface area contributed by atoms with E-state index in [2.05, 4.69) is 19.2 Å². The van der Waals surface area contributed by atoms with Crippen LogP contribution in [0.1, 0.15) is 39.5 Å². The Labute approximate surface area is 97.9 Å². The van der Waals surface area contributed by atoms with Crippen LogP contribution in [0.15, 0.2) is 0 Å². The van der Waals surface area contributed by atoms with E-state index >= 15 is 0 Å². The molecule has 0 aromatic rings. The molecule has 0 aromatic heterocycles. The molecule has 16 heavy (non-hydrogen) atoms. The van der Waals surface area contributed by atoms with Gasteiger partial charge in [-0.05, 0) is 38.6 Å². The van der Waals surface area contributed by atoms with Gasteiger partial charge in [-0.1, -0.05) is 6.92 Å². The van der Waals surface area contributed by atoms with Crippen molar-refractivity contribution in [1.29, 1.82) is 0 Å². The average Bonchev–Trinajstić information content (AvgIpc) is 2.26. The van der Waals surface area contributed by atoms with Crippen molar-refractivity contribution in [2.45, 2.75) is 51.7 Å². The molecule has 4 heteroatoms. The molecule has 0 saturated carbocycles. The molecule has 0 aliphatic carbocycles. The van der Waals surface area contributed by atoms with E-state index < -0.39 is 0 Å². The molecule has 0 spiro atoms. The minimum atomic E-state index is 0.152. The largest absolute Gasteiger partial charge is 0.378 e. The highest BCUT2D eigenvalue weighted by molar-refractivity contribution is 5.76. The number of hydrogen-bond donors (Lipinski definition) is 2. The summed E-state index contributed by atoms with van der Waals surface area (Å²) in [6.07, 6.45) is 3.59. The molecule has 1 aliphatic rings. The van der Waals surface area contributed by atoms with Gasteiger partial charge in [0.25, 0.3) is 0 Å². The van der Waals surface area contributed by atoms with Gasteiger partial charge >= 0.3 is 0 Å². The summed E-state index contributed by atoms with van der Waals surface area (Å²) >= 11 is 0. The van der Waals surface area contributed by atoms with Crippen molar-refractivity contribution in [2.75, 3.05) is 13.2 Å². The third-order valence-electron chi connectivity index (χ3n) is 3.12. The van der Waals surface area contributed by atoms with Crippen LogP contribution < -0.4 is 11.1 Å². The third kappa shape index (κ3) is 4.94. The topological polar surface area (TPSA) is 64.4 Å². The fourth-order valence-electron chi connectivity index (χ4n) is 1.92. The summed E-state index contributed by atoms with van der Waals surface area (Å²) in [5.41, 5.74) is 5.51. The zero-order valence-electron chi connectivity index (χ0n) is 10.4. The van der Waals surface area contributed by atoms with Crippen LogP contribution in [0.3, 0.4) is 0 Å². The molecule has 0 bridgehead atoms. The van der Waals surface area contributed by atoms with Gasteiger partial charge in [-0.3, -0.25) is 4.79 Å². The first kappa shape index (κ1) is 13.5. The minimum absolute atomic E-state index is 0.152. The first-order chi connectivity index (χ1) is 7.61. The molecule has 1 saturated heterocycles. The number of amides is 1. The highest BCUT2D eigenvalue weighted by atomic mass is 16.5. The number of rotatable bonds is 5. The number of ether oxygens (including phenoxy) is 1. The second kappa shape index (κ2) is 6.86. The Morgan fingerprint density at radius 3 is 3.00 bits per heavy atom. The van der Waals surface area contributed by atoms with E-state index in [-0.39, 0.29) is 12.0 Å². The Morgan fingerprint density at radius 2 is 2.38 bits per heavy atom. The smallest absolute Gasteiger partial charge is 0.220 e. The van der Waals surface area contributed by atoms with E-state index in [0.29, 0.717) is 24.9 Å². The third-order valence-corrected chi connectivity index (χ3v) is 3.12. The predicted molar refractivity (Wildman–Crippen MR) is 64.0 cm³/mol. The first-order valence-electron chi connectivity index (χ1n) is 6.22. The van der Waals surface area contributed by atoms with E-state index in [1.165, 1.54) is 0 Å². The van der Waals surface area contributed by atoms with E-state index in [4.69, 9.17) is 10.5 Å². The van der Waals surface area contributed by atoms with Gasteiger partial charge in [0.15, 0.2) is 0 Å². The molecule has 3 atom stereocenters. The lowest BCUT2D eigenvalue weighted by atomic mass is 10.0. The summed E-state index contributed by atoms with van der Waals surface area (Å²) in [6.45, 7) is 5.53. The van der Waals surface area contributed by atoms with Crippen molar-refractivity contribution in [3.05, 3.63) is 0 Å². The maximum Gasteiger partial charge on any atom is 0.220 e. The Kier molecular flexibility index (Phi) is 5.77. The predicted octanol–water partition coefficient (Wildman–Crippen LogP) is 1.05. The Morgan fingerprint density at radius 1 is 1.62 bits per heavy atom. The Hall–Kier alpha value is -0.610. The highest BCUT2D eigenvalue weighted by Crippen LogP contribution is 2.13. The van der Waals surface area contributed by atoms with Crippen LogP contribution in [-0.4, -0.2) is 31.2 Å². The number of carbonyl (C=O) groups excluding carboxylic acids is 1. The van der Waals surface area contributed by atoms with Crippen molar-refractivity contribution in [3.63, 3.8) is 0 Å². The Balaban J connectivity index is 2.18. The van der Waals surface area contributed by atoms with Gasteiger partial charge in [0.2, 0.25) is 5.91 Å². The van der Waals surface area contributed by atoms with Gasteiger partial charge in [0, 0.05) is 19.1 Å². The van der Waals surface area contributed by atoms with Gasteiger partial charge < -0.3 is 15.8 Å². The Bertz CT molecular complexity index is 221. The molecule has 94 valence electrons. The molecule has 1 amide bonds. The highest BCUT2D eigenvalue weighted by Gasteiger charge is 2.20. The zero-order valence-corrected chi connectivity index (χ0v) is 10.4. The van der Waals surface area contributed by atoms with Crippen LogP contribution in [-0.2, 0) is 9.53 Å². The van der Waals surface area contributed by atoms with Crippen molar-refractivity contribution in [1.82, 2.24) is 5.32 Å². The van der Waals surface area contributed by atoms with Crippen molar-refractivity contribution >= 4 is 5.91 Å². The number of nitrogens with one attached hydrogen (secondary N) is 1. The lowest BCUT2D eigenvalue weighted by Gasteiger charge is -2.28. The van der Waals surface area contributed by atoms with Crippen LogP contribution in [0.2, 0.25) is 0 Å². The molecule has 1 aliphatic heterocycles. The summed E-state index contributed by atoms with van der Waals surface area (Å²) in [6, 6.07) is 0.296. The van der Waals surface area contributed by atoms with Crippen LogP contribution in [0.4, 0.5) is 0 Å². The second-order valence-electron chi connectivity index (χ2n) is 4.85. The van der Waals surface area contributed by atoms with Gasteiger partial charge in [0.05, 0.1) is 6.10 Å². The maximum absolute atomic E-state index is 11.6. The second-order valence-corrected chi connectivity index (χ2v) is 4.85. The monoisotopic (exact) mass is 228 g/mol. The zero-order chi connectivity index (χ0) is 12.0. The number of carbonyl (C=O) groups is 1. The van der Waals surface area contributed by atoms with Crippen LogP contribution >= 0.6 is 0 Å². The summed E-state index contributed by atoms with van der Waals surface area (Å²) in [5.74, 6) is 0.582. The molecule has 4 nitrogen and oxygen atoms in total. The van der Waals surface area contributed by atoms with Crippen molar-refractivity contribution in [2.24, 2.45) is 11.7 Å². The summed E-state index contributed by atoms with van der Waals surface area (Å²) in [5, 5.41) is 3.07. The fraction of sp³-hybridized carbons (Fsp3) is 0.917. The van der Waals surface area contributed by atoms with Gasteiger partial charge in [0.1, 0.15) is 0 Å². The minimum Gasteiger partial charge on any atom is -0.378 e. The lowest BCUT2D eigenvalue weighted by Crippen LogP contribution is -2.41. The summed E-state index contributed by atoms with van der Waals surface area (Å²) in [7, 11) is 0. The van der Waals surface area contributed by atoms with Crippen LogP contribution in [0.5, 0.6) is 0 Å². The summed E-state index contributed by atoms with van der Waals surface area (Å²) < 4.78 is 5.44. The first-order valence-corrected chi connectivity index (χ1v) is 6.22. The molecule has 1 fully saturated rings. The fourth-order valence-corrected chi connectivity index (χ4v) is 1.92. The molecular weight excluding hydrogens is 204 g/mol. The van der Waals surface area contributed by atoms with E-state index in [1.54, 1.807) is 0 Å². The van der Waals surface area contributed by atoms with E-state index in [0.717, 1.165) is 25.9 Å². The summed E-state index contributed by atoms with van der Waals surface area (Å²) in [4.78, 5) is 11.6. The molecule has 0 aromatic carbocycles. The van der Waals surface area contributed by atoms with E-state index in [1.807, 2.05) is 0 Å². The van der Waals surface area contributed by atoms with Gasteiger partial charge in [-0.2, -0.15) is 0 Å². The molecule has 0 radical (unpaired) electrons. The quantitative estimate of drug-likeness (QED) is 0.739. The number of hydrogen-bond acceptors (Lipinski definition) is 3.